The van der Waals surface area contributed by atoms with E-state index in [1.165, 1.54) is 16.4 Å². The maximum absolute atomic E-state index is 12.8. The van der Waals surface area contributed by atoms with Gasteiger partial charge in [-0.25, -0.2) is 8.42 Å². The Morgan fingerprint density at radius 3 is 2.56 bits per heavy atom. The van der Waals surface area contributed by atoms with Gasteiger partial charge in [0.15, 0.2) is 0 Å². The van der Waals surface area contributed by atoms with Crippen molar-refractivity contribution in [1.29, 1.82) is 0 Å². The fourth-order valence-corrected chi connectivity index (χ4v) is 4.00. The van der Waals surface area contributed by atoms with Crippen LogP contribution in [0.15, 0.2) is 35.2 Å². The number of ether oxygens (including phenoxy) is 1. The molecule has 0 radical (unpaired) electrons. The number of nitrogens with one attached hydrogen (secondary N) is 2. The number of carbonyl (C=O) groups is 2. The summed E-state index contributed by atoms with van der Waals surface area (Å²) in [5, 5.41) is 4.90. The third-order valence-electron chi connectivity index (χ3n) is 3.68. The first kappa shape index (κ1) is 19.4. The minimum atomic E-state index is -3.74. The number of nitrogens with zero attached hydrogens (tertiary/aromatic N) is 1. The van der Waals surface area contributed by atoms with Crippen molar-refractivity contribution in [2.75, 3.05) is 26.2 Å². The van der Waals surface area contributed by atoms with E-state index in [0.29, 0.717) is 32.5 Å². The molecule has 0 spiro atoms. The highest BCUT2D eigenvalue weighted by Gasteiger charge is 2.34. The van der Waals surface area contributed by atoms with E-state index in [9.17, 15) is 18.0 Å². The van der Waals surface area contributed by atoms with Gasteiger partial charge < -0.3 is 15.4 Å². The molecule has 25 heavy (non-hydrogen) atoms. The van der Waals surface area contributed by atoms with Gasteiger partial charge in [-0.3, -0.25) is 9.59 Å². The lowest BCUT2D eigenvalue weighted by Crippen LogP contribution is -2.53. The van der Waals surface area contributed by atoms with Crippen LogP contribution in [-0.4, -0.2) is 57.0 Å². The Morgan fingerprint density at radius 1 is 1.20 bits per heavy atom. The Hall–Kier alpha value is -1.97. The first-order chi connectivity index (χ1) is 12.0. The second-order valence-corrected chi connectivity index (χ2v) is 7.46. The summed E-state index contributed by atoms with van der Waals surface area (Å²) in [5.74, 6) is -1.55. The molecule has 8 nitrogen and oxygen atoms in total. The number of benzene rings is 1. The van der Waals surface area contributed by atoms with Crippen LogP contribution in [0, 0.1) is 0 Å². The van der Waals surface area contributed by atoms with Crippen LogP contribution in [-0.2, 0) is 24.3 Å². The summed E-state index contributed by atoms with van der Waals surface area (Å²) in [6.45, 7) is 2.87. The Labute approximate surface area is 147 Å². The van der Waals surface area contributed by atoms with E-state index in [4.69, 9.17) is 4.74 Å². The van der Waals surface area contributed by atoms with Crippen LogP contribution in [0.25, 0.3) is 0 Å². The second kappa shape index (κ2) is 8.93. The Morgan fingerprint density at radius 2 is 1.88 bits per heavy atom. The molecule has 1 aliphatic rings. The molecular weight excluding hydrogens is 346 g/mol. The molecule has 2 N–H and O–H groups in total. The lowest BCUT2D eigenvalue weighted by atomic mass is 10.3. The third-order valence-corrected chi connectivity index (χ3v) is 5.59. The average Bonchev–Trinajstić information content (AvgIpc) is 2.65. The quantitative estimate of drug-likeness (QED) is 0.690. The van der Waals surface area contributed by atoms with Crippen molar-refractivity contribution in [2.45, 2.75) is 30.9 Å². The molecule has 0 aromatic heterocycles. The van der Waals surface area contributed by atoms with E-state index in [2.05, 4.69) is 10.6 Å². The number of hydrogen-bond acceptors (Lipinski definition) is 5. The molecule has 2 rings (SSSR count). The number of rotatable bonds is 6. The summed E-state index contributed by atoms with van der Waals surface area (Å²) in [4.78, 5) is 23.5. The monoisotopic (exact) mass is 369 g/mol. The summed E-state index contributed by atoms with van der Waals surface area (Å²) in [6, 6.07) is 8.05. The molecule has 1 saturated heterocycles. The van der Waals surface area contributed by atoms with Gasteiger partial charge in [0.2, 0.25) is 10.0 Å². The van der Waals surface area contributed by atoms with Crippen LogP contribution in [0.1, 0.15) is 19.8 Å². The van der Waals surface area contributed by atoms with Crippen molar-refractivity contribution in [2.24, 2.45) is 0 Å². The van der Waals surface area contributed by atoms with Gasteiger partial charge in [0.05, 0.1) is 18.0 Å². The molecule has 1 fully saturated rings. The zero-order valence-corrected chi connectivity index (χ0v) is 14.9. The molecular formula is C16H23N3O5S. The number of sulfonamides is 1. The standard InChI is InChI=1S/C16H23N3O5S/c1-2-9-17-15(20)16(21)18-12-14-19(10-6-11-24-14)25(22,23)13-7-4-3-5-8-13/h3-5,7-8,14H,2,6,9-12H2,1H3,(H,17,20)(H,18,21)/t14-/m0/s1. The fourth-order valence-electron chi connectivity index (χ4n) is 2.41. The van der Waals surface area contributed by atoms with E-state index in [1.54, 1.807) is 18.2 Å². The molecule has 138 valence electrons. The summed E-state index contributed by atoms with van der Waals surface area (Å²) in [6.07, 6.45) is 0.434. The molecule has 2 amide bonds. The van der Waals surface area contributed by atoms with Crippen LogP contribution in [0.5, 0.6) is 0 Å². The molecule has 0 aliphatic carbocycles. The minimum absolute atomic E-state index is 0.0928. The van der Waals surface area contributed by atoms with Gasteiger partial charge in [-0.05, 0) is 25.0 Å². The van der Waals surface area contributed by atoms with Crippen LogP contribution in [0.3, 0.4) is 0 Å². The van der Waals surface area contributed by atoms with Crippen molar-refractivity contribution in [1.82, 2.24) is 14.9 Å². The first-order valence-electron chi connectivity index (χ1n) is 8.21. The van der Waals surface area contributed by atoms with E-state index < -0.39 is 28.1 Å². The maximum Gasteiger partial charge on any atom is 0.309 e. The van der Waals surface area contributed by atoms with Crippen molar-refractivity contribution < 1.29 is 22.7 Å². The maximum atomic E-state index is 12.8. The molecule has 1 aromatic rings. The lowest BCUT2D eigenvalue weighted by Gasteiger charge is -2.34. The molecule has 1 heterocycles. The van der Waals surface area contributed by atoms with E-state index >= 15 is 0 Å². The van der Waals surface area contributed by atoms with Crippen LogP contribution < -0.4 is 10.6 Å². The highest BCUT2D eigenvalue weighted by molar-refractivity contribution is 7.89. The largest absolute Gasteiger partial charge is 0.360 e. The van der Waals surface area contributed by atoms with Gasteiger partial charge in [-0.15, -0.1) is 0 Å². The highest BCUT2D eigenvalue weighted by Crippen LogP contribution is 2.21. The van der Waals surface area contributed by atoms with Gasteiger partial charge in [0.1, 0.15) is 6.23 Å². The second-order valence-electron chi connectivity index (χ2n) is 5.57. The minimum Gasteiger partial charge on any atom is -0.360 e. The summed E-state index contributed by atoms with van der Waals surface area (Å²) in [5.41, 5.74) is 0. The van der Waals surface area contributed by atoms with E-state index in [0.717, 1.165) is 0 Å². The van der Waals surface area contributed by atoms with Gasteiger partial charge in [0, 0.05) is 13.1 Å². The predicted octanol–water partition coefficient (Wildman–Crippen LogP) is 0.0661. The number of amides is 2. The topological polar surface area (TPSA) is 105 Å². The molecule has 1 aliphatic heterocycles. The molecule has 1 aromatic carbocycles. The zero-order chi connectivity index (χ0) is 18.3. The lowest BCUT2D eigenvalue weighted by molar-refractivity contribution is -0.140. The number of hydrogen-bond donors (Lipinski definition) is 2. The molecule has 0 saturated carbocycles. The average molecular weight is 369 g/mol. The van der Waals surface area contributed by atoms with Crippen LogP contribution in [0.2, 0.25) is 0 Å². The molecule has 9 heteroatoms. The van der Waals surface area contributed by atoms with Crippen LogP contribution >= 0.6 is 0 Å². The molecule has 1 atom stereocenters. The molecule has 0 bridgehead atoms. The Bertz CT molecular complexity index is 693. The van der Waals surface area contributed by atoms with Crippen molar-refractivity contribution in [3.8, 4) is 0 Å². The Balaban J connectivity index is 2.03. The van der Waals surface area contributed by atoms with Crippen molar-refractivity contribution >= 4 is 21.8 Å². The number of carbonyl (C=O) groups excluding carboxylic acids is 2. The van der Waals surface area contributed by atoms with Gasteiger partial charge in [-0.2, -0.15) is 4.31 Å². The SMILES string of the molecule is CCCNC(=O)C(=O)NC[C@@H]1OCCCN1S(=O)(=O)c1ccccc1. The van der Waals surface area contributed by atoms with E-state index in [-0.39, 0.29) is 11.4 Å². The molecule has 0 unspecified atom stereocenters. The van der Waals surface area contributed by atoms with Gasteiger partial charge in [0.25, 0.3) is 0 Å². The first-order valence-corrected chi connectivity index (χ1v) is 9.65. The van der Waals surface area contributed by atoms with Gasteiger partial charge in [-0.1, -0.05) is 25.1 Å². The van der Waals surface area contributed by atoms with Crippen molar-refractivity contribution in [3.05, 3.63) is 30.3 Å². The smallest absolute Gasteiger partial charge is 0.309 e. The summed E-state index contributed by atoms with van der Waals surface area (Å²) in [7, 11) is -3.74. The zero-order valence-electron chi connectivity index (χ0n) is 14.1. The van der Waals surface area contributed by atoms with Crippen molar-refractivity contribution in [3.63, 3.8) is 0 Å². The third kappa shape index (κ3) is 5.00. The van der Waals surface area contributed by atoms with E-state index in [1.807, 2.05) is 6.92 Å². The highest BCUT2D eigenvalue weighted by atomic mass is 32.2. The summed E-state index contributed by atoms with van der Waals surface area (Å²) < 4.78 is 32.3. The summed E-state index contributed by atoms with van der Waals surface area (Å²) >= 11 is 0. The van der Waals surface area contributed by atoms with Crippen LogP contribution in [0.4, 0.5) is 0 Å². The van der Waals surface area contributed by atoms with Gasteiger partial charge >= 0.3 is 11.8 Å². The fraction of sp³-hybridized carbons (Fsp3) is 0.500. The normalized spacial score (nSPS) is 18.5. The predicted molar refractivity (Wildman–Crippen MR) is 91.0 cm³/mol. The Kier molecular flexibility index (Phi) is 6.91.